The van der Waals surface area contributed by atoms with E-state index in [1.165, 1.54) is 19.2 Å². The van der Waals surface area contributed by atoms with Gasteiger partial charge in [0.25, 0.3) is 11.6 Å². The van der Waals surface area contributed by atoms with Crippen LogP contribution in [0.2, 0.25) is 0 Å². The molecule has 0 N–H and O–H groups in total. The molecule has 9 heteroatoms. The minimum atomic E-state index is -0.456. The van der Waals surface area contributed by atoms with Crippen LogP contribution in [0.25, 0.3) is 6.08 Å². The average molecular weight is 500 g/mol. The molecule has 0 saturated carbocycles. The molecule has 0 atom stereocenters. The Bertz CT molecular complexity index is 1070. The van der Waals surface area contributed by atoms with Crippen LogP contribution < -0.4 is 9.47 Å². The average Bonchev–Trinajstić information content (AvgIpc) is 2.81. The molecule has 0 bridgehead atoms. The highest BCUT2D eigenvalue weighted by Gasteiger charge is 2.21. The number of hydrogen-bond donors (Lipinski definition) is 0. The number of nitriles is 1. The summed E-state index contributed by atoms with van der Waals surface area (Å²) in [6.07, 6.45) is 4.54. The number of nitro benzene ring substituents is 1. The first-order valence-electron chi connectivity index (χ1n) is 10.1. The van der Waals surface area contributed by atoms with Gasteiger partial charge in [-0.05, 0) is 76.7 Å². The third-order valence-corrected chi connectivity index (χ3v) is 5.68. The van der Waals surface area contributed by atoms with E-state index in [2.05, 4.69) is 15.9 Å². The minimum absolute atomic E-state index is 0.0102. The van der Waals surface area contributed by atoms with Crippen LogP contribution in [0.3, 0.4) is 0 Å². The Labute approximate surface area is 194 Å². The van der Waals surface area contributed by atoms with Crippen LogP contribution in [0.5, 0.6) is 11.5 Å². The molecule has 166 valence electrons. The quantitative estimate of drug-likeness (QED) is 0.233. The zero-order valence-corrected chi connectivity index (χ0v) is 19.1. The predicted octanol–water partition coefficient (Wildman–Crippen LogP) is 4.86. The Balaban J connectivity index is 1.79. The molecule has 32 heavy (non-hydrogen) atoms. The lowest BCUT2D eigenvalue weighted by Gasteiger charge is -2.26. The normalized spacial score (nSPS) is 13.9. The van der Waals surface area contributed by atoms with Crippen molar-refractivity contribution >= 4 is 33.6 Å². The lowest BCUT2D eigenvalue weighted by Crippen LogP contribution is -2.36. The van der Waals surface area contributed by atoms with Crippen LogP contribution in [0, 0.1) is 21.4 Å². The Hall–Kier alpha value is -3.38. The number of benzene rings is 2. The number of nitro groups is 1. The van der Waals surface area contributed by atoms with Gasteiger partial charge in [-0.2, -0.15) is 5.26 Å². The van der Waals surface area contributed by atoms with Gasteiger partial charge in [-0.1, -0.05) is 0 Å². The van der Waals surface area contributed by atoms with Crippen molar-refractivity contribution in [2.75, 3.05) is 20.2 Å². The number of rotatable bonds is 7. The second-order valence-electron chi connectivity index (χ2n) is 7.27. The smallest absolute Gasteiger partial charge is 0.269 e. The highest BCUT2D eigenvalue weighted by molar-refractivity contribution is 9.10. The fourth-order valence-electron chi connectivity index (χ4n) is 3.41. The van der Waals surface area contributed by atoms with E-state index in [1.54, 1.807) is 35.2 Å². The lowest BCUT2D eigenvalue weighted by atomic mass is 10.1. The molecule has 3 rings (SSSR count). The molecule has 1 heterocycles. The molecule has 0 spiro atoms. The molecular formula is C23H22BrN3O5. The summed E-state index contributed by atoms with van der Waals surface area (Å²) >= 11 is 3.47. The van der Waals surface area contributed by atoms with Gasteiger partial charge in [-0.3, -0.25) is 14.9 Å². The summed E-state index contributed by atoms with van der Waals surface area (Å²) in [4.78, 5) is 24.7. The number of halogens is 1. The van der Waals surface area contributed by atoms with E-state index in [1.807, 2.05) is 6.07 Å². The Morgan fingerprint density at radius 2 is 1.94 bits per heavy atom. The number of nitrogens with zero attached hydrogens (tertiary/aromatic N) is 3. The number of methoxy groups -OCH3 is 1. The molecule has 1 amide bonds. The van der Waals surface area contributed by atoms with E-state index < -0.39 is 4.92 Å². The van der Waals surface area contributed by atoms with E-state index in [9.17, 15) is 20.2 Å². The monoisotopic (exact) mass is 499 g/mol. The van der Waals surface area contributed by atoms with Gasteiger partial charge in [0.05, 0.1) is 16.5 Å². The fourth-order valence-corrected chi connectivity index (χ4v) is 3.98. The van der Waals surface area contributed by atoms with Crippen molar-refractivity contribution < 1.29 is 19.2 Å². The molecule has 1 saturated heterocycles. The molecule has 2 aromatic carbocycles. The van der Waals surface area contributed by atoms with Gasteiger partial charge in [0.2, 0.25) is 0 Å². The summed E-state index contributed by atoms with van der Waals surface area (Å²) in [5.74, 6) is 0.611. The topological polar surface area (TPSA) is 106 Å². The number of likely N-dealkylation sites (tertiary alicyclic amines) is 1. The lowest BCUT2D eigenvalue weighted by molar-refractivity contribution is -0.384. The molecule has 1 aliphatic rings. The van der Waals surface area contributed by atoms with E-state index in [4.69, 9.17) is 9.47 Å². The highest BCUT2D eigenvalue weighted by Crippen LogP contribution is 2.38. The van der Waals surface area contributed by atoms with Crippen LogP contribution in [0.4, 0.5) is 5.69 Å². The largest absolute Gasteiger partial charge is 0.493 e. The second-order valence-corrected chi connectivity index (χ2v) is 8.12. The second kappa shape index (κ2) is 10.8. The summed E-state index contributed by atoms with van der Waals surface area (Å²) in [6.45, 7) is 1.51. The summed E-state index contributed by atoms with van der Waals surface area (Å²) in [5, 5.41) is 20.3. The summed E-state index contributed by atoms with van der Waals surface area (Å²) in [7, 11) is 1.50. The SMILES string of the molecule is COc1cc(/C=C(\C#N)C(=O)N2CCCCC2)cc(Br)c1OCc1ccc([N+](=O)[O-])cc1. The van der Waals surface area contributed by atoms with E-state index in [-0.39, 0.29) is 23.8 Å². The van der Waals surface area contributed by atoms with Gasteiger partial charge in [0.15, 0.2) is 11.5 Å². The third-order valence-electron chi connectivity index (χ3n) is 5.09. The fraction of sp³-hybridized carbons (Fsp3) is 0.304. The molecule has 8 nitrogen and oxygen atoms in total. The van der Waals surface area contributed by atoms with Crippen LogP contribution in [-0.4, -0.2) is 35.9 Å². The molecular weight excluding hydrogens is 478 g/mol. The zero-order chi connectivity index (χ0) is 23.1. The standard InChI is InChI=1S/C23H22BrN3O5/c1-31-21-13-17(11-18(14-25)23(28)26-9-3-2-4-10-26)12-20(24)22(21)32-15-16-5-7-19(8-6-16)27(29)30/h5-8,11-13H,2-4,9-10,15H2,1H3/b18-11+. The summed E-state index contributed by atoms with van der Waals surface area (Å²) in [5.41, 5.74) is 1.46. The first-order chi connectivity index (χ1) is 15.4. The highest BCUT2D eigenvalue weighted by atomic mass is 79.9. The Morgan fingerprint density at radius 3 is 2.53 bits per heavy atom. The van der Waals surface area contributed by atoms with Crippen molar-refractivity contribution in [2.45, 2.75) is 25.9 Å². The van der Waals surface area contributed by atoms with Gasteiger partial charge >= 0.3 is 0 Å². The van der Waals surface area contributed by atoms with Crippen LogP contribution in [0.15, 0.2) is 46.4 Å². The minimum Gasteiger partial charge on any atom is -0.493 e. The van der Waals surface area contributed by atoms with Gasteiger partial charge in [-0.15, -0.1) is 0 Å². The summed E-state index contributed by atoms with van der Waals surface area (Å²) in [6, 6.07) is 11.5. The van der Waals surface area contributed by atoms with Crippen molar-refractivity contribution in [3.05, 3.63) is 67.7 Å². The molecule has 1 aliphatic heterocycles. The van der Waals surface area contributed by atoms with Crippen molar-refractivity contribution in [1.82, 2.24) is 4.90 Å². The van der Waals surface area contributed by atoms with Crippen molar-refractivity contribution in [2.24, 2.45) is 0 Å². The molecule has 0 unspecified atom stereocenters. The number of hydrogen-bond acceptors (Lipinski definition) is 6. The zero-order valence-electron chi connectivity index (χ0n) is 17.5. The molecule has 0 radical (unpaired) electrons. The Kier molecular flexibility index (Phi) is 7.84. The molecule has 1 fully saturated rings. The van der Waals surface area contributed by atoms with Crippen LogP contribution >= 0.6 is 15.9 Å². The Morgan fingerprint density at radius 1 is 1.25 bits per heavy atom. The van der Waals surface area contributed by atoms with Crippen molar-refractivity contribution in [3.8, 4) is 17.6 Å². The van der Waals surface area contributed by atoms with Gasteiger partial charge < -0.3 is 14.4 Å². The first kappa shape index (κ1) is 23.3. The van der Waals surface area contributed by atoms with Crippen LogP contribution in [0.1, 0.15) is 30.4 Å². The number of ether oxygens (including phenoxy) is 2. The number of piperidine rings is 1. The first-order valence-corrected chi connectivity index (χ1v) is 10.9. The maximum absolute atomic E-state index is 12.7. The van der Waals surface area contributed by atoms with E-state index in [0.29, 0.717) is 34.6 Å². The maximum Gasteiger partial charge on any atom is 0.269 e. The number of non-ortho nitro benzene ring substituents is 1. The van der Waals surface area contributed by atoms with Gasteiger partial charge in [0.1, 0.15) is 18.2 Å². The van der Waals surface area contributed by atoms with Crippen LogP contribution in [-0.2, 0) is 11.4 Å². The van der Waals surface area contributed by atoms with E-state index in [0.717, 1.165) is 24.8 Å². The number of carbonyl (C=O) groups excluding carboxylic acids is 1. The molecule has 2 aromatic rings. The molecule has 0 aliphatic carbocycles. The third kappa shape index (κ3) is 5.65. The maximum atomic E-state index is 12.7. The number of amides is 1. The summed E-state index contributed by atoms with van der Waals surface area (Å²) < 4.78 is 11.9. The van der Waals surface area contributed by atoms with Gasteiger partial charge in [0, 0.05) is 25.2 Å². The molecule has 0 aromatic heterocycles. The van der Waals surface area contributed by atoms with Crippen molar-refractivity contribution in [3.63, 3.8) is 0 Å². The van der Waals surface area contributed by atoms with E-state index >= 15 is 0 Å². The predicted molar refractivity (Wildman–Crippen MR) is 122 cm³/mol. The van der Waals surface area contributed by atoms with Crippen molar-refractivity contribution in [1.29, 1.82) is 5.26 Å². The number of carbonyl (C=O) groups is 1. The van der Waals surface area contributed by atoms with Gasteiger partial charge in [-0.25, -0.2) is 0 Å².